The van der Waals surface area contributed by atoms with Crippen LogP contribution in [0.3, 0.4) is 0 Å². The maximum Gasteiger partial charge on any atom is 0.243 e. The van der Waals surface area contributed by atoms with Crippen molar-refractivity contribution in [3.05, 3.63) is 0 Å². The molecule has 2 unspecified atom stereocenters. The van der Waals surface area contributed by atoms with Crippen LogP contribution in [0.2, 0.25) is 0 Å². The molecule has 0 aromatic heterocycles. The summed E-state index contributed by atoms with van der Waals surface area (Å²) in [6.45, 7) is 0. The van der Waals surface area contributed by atoms with Gasteiger partial charge in [0.2, 0.25) is 5.85 Å². The first kappa shape index (κ1) is 4.97. The van der Waals surface area contributed by atoms with Crippen molar-refractivity contribution in [2.45, 2.75) is 18.4 Å². The zero-order chi connectivity index (χ0) is 5.49. The van der Waals surface area contributed by atoms with Crippen LogP contribution in [-0.4, -0.2) is 19.1 Å². The van der Waals surface area contributed by atoms with Crippen molar-refractivity contribution in [1.29, 1.82) is 0 Å². The first-order valence-corrected chi connectivity index (χ1v) is 2.07. The first-order valence-electron chi connectivity index (χ1n) is 2.07. The van der Waals surface area contributed by atoms with E-state index >= 15 is 0 Å². The van der Waals surface area contributed by atoms with Crippen molar-refractivity contribution in [1.82, 2.24) is 0 Å². The SMILES string of the molecule is COC1(F)CC1F. The van der Waals surface area contributed by atoms with Gasteiger partial charge in [-0.1, -0.05) is 0 Å². The van der Waals surface area contributed by atoms with Gasteiger partial charge in [0, 0.05) is 13.5 Å². The minimum absolute atomic E-state index is 0.0938. The Morgan fingerprint density at radius 2 is 2.29 bits per heavy atom. The summed E-state index contributed by atoms with van der Waals surface area (Å²) in [6, 6.07) is 0. The summed E-state index contributed by atoms with van der Waals surface area (Å²) in [5, 5.41) is 0. The van der Waals surface area contributed by atoms with Gasteiger partial charge in [0.1, 0.15) is 0 Å². The highest BCUT2D eigenvalue weighted by molar-refractivity contribution is 4.96. The van der Waals surface area contributed by atoms with Crippen LogP contribution in [0, 0.1) is 0 Å². The summed E-state index contributed by atoms with van der Waals surface area (Å²) in [7, 11) is 1.17. The second-order valence-electron chi connectivity index (χ2n) is 1.66. The molecule has 1 aliphatic rings. The van der Waals surface area contributed by atoms with Gasteiger partial charge in [-0.25, -0.2) is 8.78 Å². The van der Waals surface area contributed by atoms with Gasteiger partial charge in [0.05, 0.1) is 0 Å². The number of hydrogen-bond acceptors (Lipinski definition) is 1. The molecule has 0 aliphatic heterocycles. The molecular formula is C4H6F2O. The highest BCUT2D eigenvalue weighted by Crippen LogP contribution is 2.43. The van der Waals surface area contributed by atoms with Crippen molar-refractivity contribution in [2.24, 2.45) is 0 Å². The largest absolute Gasteiger partial charge is 0.347 e. The Balaban J connectivity index is 2.36. The number of halogens is 2. The van der Waals surface area contributed by atoms with Gasteiger partial charge in [-0.3, -0.25) is 0 Å². The third-order valence-electron chi connectivity index (χ3n) is 1.10. The van der Waals surface area contributed by atoms with Crippen molar-refractivity contribution in [2.75, 3.05) is 7.11 Å². The zero-order valence-corrected chi connectivity index (χ0v) is 3.95. The zero-order valence-electron chi connectivity index (χ0n) is 3.95. The summed E-state index contributed by atoms with van der Waals surface area (Å²) in [4.78, 5) is 0. The molecule has 7 heavy (non-hydrogen) atoms. The van der Waals surface area contributed by atoms with Crippen LogP contribution in [0.5, 0.6) is 0 Å². The molecule has 1 saturated carbocycles. The lowest BCUT2D eigenvalue weighted by Gasteiger charge is -1.96. The van der Waals surface area contributed by atoms with E-state index in [0.29, 0.717) is 0 Å². The van der Waals surface area contributed by atoms with E-state index in [1.165, 1.54) is 7.11 Å². The summed E-state index contributed by atoms with van der Waals surface area (Å²) < 4.78 is 27.8. The molecule has 1 fully saturated rings. The molecule has 0 bridgehead atoms. The second-order valence-corrected chi connectivity index (χ2v) is 1.66. The lowest BCUT2D eigenvalue weighted by Crippen LogP contribution is -2.05. The molecule has 1 aliphatic carbocycles. The number of hydrogen-bond donors (Lipinski definition) is 0. The summed E-state index contributed by atoms with van der Waals surface area (Å²) in [5.74, 6) is -1.92. The van der Waals surface area contributed by atoms with Crippen molar-refractivity contribution >= 4 is 0 Å². The Morgan fingerprint density at radius 1 is 1.86 bits per heavy atom. The minimum atomic E-state index is -1.92. The van der Waals surface area contributed by atoms with Crippen molar-refractivity contribution in [3.8, 4) is 0 Å². The van der Waals surface area contributed by atoms with Gasteiger partial charge in [0.15, 0.2) is 6.17 Å². The lowest BCUT2D eigenvalue weighted by atomic mass is 10.7. The average Bonchev–Trinajstić information content (AvgIpc) is 2.18. The fraction of sp³-hybridized carbons (Fsp3) is 1.00. The number of ether oxygens (including phenoxy) is 1. The Bertz CT molecular complexity index is 81.8. The fourth-order valence-corrected chi connectivity index (χ4v) is 0.397. The van der Waals surface area contributed by atoms with Gasteiger partial charge in [0.25, 0.3) is 0 Å². The van der Waals surface area contributed by atoms with Crippen LogP contribution >= 0.6 is 0 Å². The number of methoxy groups -OCH3 is 1. The van der Waals surface area contributed by atoms with E-state index in [4.69, 9.17) is 0 Å². The molecule has 42 valence electrons. The van der Waals surface area contributed by atoms with E-state index in [9.17, 15) is 8.78 Å². The van der Waals surface area contributed by atoms with E-state index in [-0.39, 0.29) is 6.42 Å². The molecule has 0 aromatic carbocycles. The van der Waals surface area contributed by atoms with Gasteiger partial charge in [-0.15, -0.1) is 0 Å². The molecule has 0 amide bonds. The van der Waals surface area contributed by atoms with Gasteiger partial charge < -0.3 is 4.74 Å². The summed E-state index contributed by atoms with van der Waals surface area (Å²) in [6.07, 6.45) is -1.47. The van der Waals surface area contributed by atoms with Crippen molar-refractivity contribution < 1.29 is 13.5 Å². The molecule has 1 nitrogen and oxygen atoms in total. The van der Waals surface area contributed by atoms with E-state index in [1.54, 1.807) is 0 Å². The fourth-order valence-electron chi connectivity index (χ4n) is 0.397. The van der Waals surface area contributed by atoms with Gasteiger partial charge in [-0.05, 0) is 0 Å². The summed E-state index contributed by atoms with van der Waals surface area (Å²) in [5.41, 5.74) is 0. The van der Waals surface area contributed by atoms with E-state index in [1.807, 2.05) is 0 Å². The van der Waals surface area contributed by atoms with Crippen LogP contribution in [0.1, 0.15) is 6.42 Å². The smallest absolute Gasteiger partial charge is 0.243 e. The van der Waals surface area contributed by atoms with Gasteiger partial charge in [-0.2, -0.15) is 0 Å². The van der Waals surface area contributed by atoms with Crippen LogP contribution in [0.4, 0.5) is 8.78 Å². The topological polar surface area (TPSA) is 9.23 Å². The first-order chi connectivity index (χ1) is 3.19. The Hall–Kier alpha value is -0.180. The molecule has 3 heteroatoms. The molecular weight excluding hydrogens is 102 g/mol. The number of alkyl halides is 2. The molecule has 0 N–H and O–H groups in total. The van der Waals surface area contributed by atoms with Crippen LogP contribution < -0.4 is 0 Å². The Labute approximate surface area is 40.3 Å². The highest BCUT2D eigenvalue weighted by atomic mass is 19.2. The molecule has 0 aromatic rings. The van der Waals surface area contributed by atoms with Crippen LogP contribution in [0.15, 0.2) is 0 Å². The summed E-state index contributed by atoms with van der Waals surface area (Å²) >= 11 is 0. The monoisotopic (exact) mass is 108 g/mol. The molecule has 0 spiro atoms. The van der Waals surface area contributed by atoms with E-state index in [0.717, 1.165) is 0 Å². The molecule has 0 heterocycles. The normalized spacial score (nSPS) is 49.3. The average molecular weight is 108 g/mol. The molecule has 0 radical (unpaired) electrons. The maximum atomic E-state index is 12.0. The quantitative estimate of drug-likeness (QED) is 0.487. The second kappa shape index (κ2) is 1.15. The highest BCUT2D eigenvalue weighted by Gasteiger charge is 2.57. The third-order valence-corrected chi connectivity index (χ3v) is 1.10. The van der Waals surface area contributed by atoms with E-state index in [2.05, 4.69) is 4.74 Å². The van der Waals surface area contributed by atoms with E-state index < -0.39 is 12.0 Å². The maximum absolute atomic E-state index is 12.0. The van der Waals surface area contributed by atoms with Gasteiger partial charge >= 0.3 is 0 Å². The Kier molecular flexibility index (Phi) is 0.819. The predicted molar refractivity (Wildman–Crippen MR) is 20.4 cm³/mol. The standard InChI is InChI=1S/C4H6F2O/c1-7-4(6)2-3(4)5/h3H,2H2,1H3. The lowest BCUT2D eigenvalue weighted by molar-refractivity contribution is -0.0495. The molecule has 2 atom stereocenters. The minimum Gasteiger partial charge on any atom is -0.347 e. The molecule has 1 rings (SSSR count). The predicted octanol–water partition coefficient (Wildman–Crippen LogP) is 1.04. The third kappa shape index (κ3) is 0.608. The van der Waals surface area contributed by atoms with Crippen LogP contribution in [0.25, 0.3) is 0 Å². The van der Waals surface area contributed by atoms with Crippen LogP contribution in [-0.2, 0) is 4.74 Å². The Morgan fingerprint density at radius 3 is 2.29 bits per heavy atom. The number of rotatable bonds is 1. The van der Waals surface area contributed by atoms with Crippen molar-refractivity contribution in [3.63, 3.8) is 0 Å². The molecule has 0 saturated heterocycles.